The highest BCUT2D eigenvalue weighted by molar-refractivity contribution is 7.86. The summed E-state index contributed by atoms with van der Waals surface area (Å²) in [5.41, 5.74) is 2.22. The molecule has 7 rings (SSSR count). The highest BCUT2D eigenvalue weighted by atomic mass is 32.2. The van der Waals surface area contributed by atoms with Crippen molar-refractivity contribution < 1.29 is 26.6 Å². The van der Waals surface area contributed by atoms with Gasteiger partial charge in [0.1, 0.15) is 18.0 Å². The van der Waals surface area contributed by atoms with Crippen LogP contribution in [0, 0.1) is 0 Å². The minimum Gasteiger partial charge on any atom is -0.445 e. The molecule has 0 radical (unpaired) electrons. The number of para-hydroxylation sites is 3. The van der Waals surface area contributed by atoms with Crippen molar-refractivity contribution in [3.8, 4) is 11.5 Å². The molecule has 0 spiro atoms. The second kappa shape index (κ2) is 11.4. The van der Waals surface area contributed by atoms with Crippen molar-refractivity contribution in [2.75, 3.05) is 32.7 Å². The van der Waals surface area contributed by atoms with Crippen LogP contribution in [0.3, 0.4) is 0 Å². The quantitative estimate of drug-likeness (QED) is 0.237. The molecule has 1 amide bonds. The summed E-state index contributed by atoms with van der Waals surface area (Å²) >= 11 is 0. The summed E-state index contributed by atoms with van der Waals surface area (Å²) in [5, 5.41) is 0.745. The van der Waals surface area contributed by atoms with Gasteiger partial charge in [-0.3, -0.25) is 9.78 Å². The molecule has 0 atom stereocenters. The van der Waals surface area contributed by atoms with Crippen LogP contribution in [0.2, 0.25) is 0 Å². The van der Waals surface area contributed by atoms with E-state index in [1.165, 1.54) is 0 Å². The Balaban J connectivity index is 1.23. The van der Waals surface area contributed by atoms with Crippen molar-refractivity contribution in [1.82, 2.24) is 9.88 Å². The Morgan fingerprint density at radius 3 is 1.95 bits per heavy atom. The van der Waals surface area contributed by atoms with Crippen molar-refractivity contribution in [2.45, 2.75) is 17.1 Å². The van der Waals surface area contributed by atoms with E-state index in [0.29, 0.717) is 17.0 Å². The van der Waals surface area contributed by atoms with E-state index in [0.717, 1.165) is 16.5 Å². The van der Waals surface area contributed by atoms with Crippen LogP contribution in [-0.4, -0.2) is 67.1 Å². The molecular weight excluding hydrogens is 574 g/mol. The number of amides is 1. The zero-order chi connectivity index (χ0) is 30.1. The minimum absolute atomic E-state index is 0.0507. The van der Waals surface area contributed by atoms with Gasteiger partial charge in [-0.25, -0.2) is 3.89 Å². The third-order valence-corrected chi connectivity index (χ3v) is 11.0. The fraction of sp³-hybridized carbons (Fsp3) is 0.200. The molecule has 9 heteroatoms. The lowest BCUT2D eigenvalue weighted by Gasteiger charge is -2.44. The van der Waals surface area contributed by atoms with E-state index >= 15 is 0 Å². The maximum Gasteiger partial charge on any atom is 0.329 e. The Hall–Kier alpha value is -4.73. The molecule has 3 heterocycles. The smallest absolute Gasteiger partial charge is 0.329 e. The lowest BCUT2D eigenvalue weighted by molar-refractivity contribution is -0.817. The summed E-state index contributed by atoms with van der Waals surface area (Å²) in [6.45, 7) is 0.918. The number of carbonyl (C=O) groups is 1. The van der Waals surface area contributed by atoms with Gasteiger partial charge in [0.05, 0.1) is 24.5 Å². The summed E-state index contributed by atoms with van der Waals surface area (Å²) in [5.74, 6) is 0.627. The predicted octanol–water partition coefficient (Wildman–Crippen LogP) is 5.21. The topological polar surface area (TPSA) is 85.8 Å². The average Bonchev–Trinajstić information content (AvgIpc) is 3.48. The number of rotatable bonds is 7. The molecule has 1 fully saturated rings. The molecule has 1 aromatic heterocycles. The maximum absolute atomic E-state index is 14.8. The summed E-state index contributed by atoms with van der Waals surface area (Å²) in [6, 6.07) is 35.6. The van der Waals surface area contributed by atoms with E-state index in [4.69, 9.17) is 9.47 Å². The van der Waals surface area contributed by atoms with Gasteiger partial charge in [-0.15, -0.1) is 0 Å². The van der Waals surface area contributed by atoms with Crippen molar-refractivity contribution in [3.05, 3.63) is 133 Å². The van der Waals surface area contributed by atoms with Gasteiger partial charge in [-0.2, -0.15) is 8.42 Å². The van der Waals surface area contributed by atoms with Crippen LogP contribution in [0.5, 0.6) is 11.5 Å². The van der Waals surface area contributed by atoms with Gasteiger partial charge in [0.2, 0.25) is 5.91 Å². The Morgan fingerprint density at radius 2 is 1.34 bits per heavy atom. The first-order valence-corrected chi connectivity index (χ1v) is 16.2. The van der Waals surface area contributed by atoms with Gasteiger partial charge in [0, 0.05) is 11.6 Å². The largest absolute Gasteiger partial charge is 0.445 e. The number of pyridine rings is 1. The molecular formula is C35H32N3O5S+. The van der Waals surface area contributed by atoms with Gasteiger partial charge < -0.3 is 14.4 Å². The molecule has 1 saturated heterocycles. The molecule has 8 nitrogen and oxygen atoms in total. The van der Waals surface area contributed by atoms with Crippen LogP contribution in [0.1, 0.15) is 17.0 Å². The molecule has 2 aliphatic heterocycles. The van der Waals surface area contributed by atoms with Gasteiger partial charge >= 0.3 is 10.0 Å². The number of quaternary nitrogens is 1. The molecule has 44 heavy (non-hydrogen) atoms. The Kier molecular flexibility index (Phi) is 7.27. The molecule has 5 aromatic rings. The number of piperazine rings is 1. The molecule has 4 aromatic carbocycles. The second-order valence-corrected chi connectivity index (χ2v) is 13.4. The van der Waals surface area contributed by atoms with E-state index in [1.807, 2.05) is 97.1 Å². The number of nitrogens with zero attached hydrogens (tertiary/aromatic N) is 3. The highest BCUT2D eigenvalue weighted by Crippen LogP contribution is 2.38. The first-order valence-electron chi connectivity index (χ1n) is 14.7. The standard InChI is InChI=1S/C35H32N3O5S/c39-35(33(26-11-3-1-4-12-26)27-13-5-2-6-14-27)37-21-23-38(24-22-37,25-32-42-29-17-7-8-18-30(29)43-32)44(40,41)31-19-9-15-28-16-10-20-36-34(28)31/h1-20,32-33H,21-25H2/q+1. The first kappa shape index (κ1) is 28.1. The number of sulfonamides is 1. The van der Waals surface area contributed by atoms with Crippen molar-refractivity contribution in [2.24, 2.45) is 0 Å². The van der Waals surface area contributed by atoms with Crippen LogP contribution >= 0.6 is 0 Å². The van der Waals surface area contributed by atoms with E-state index in [-0.39, 0.29) is 47.4 Å². The SMILES string of the molecule is O=C(C(c1ccccc1)c1ccccc1)N1CC[N+](CC2Oc3ccccc3O2)(S(=O)(=O)c2cccc3cccnc23)CC1. The average molecular weight is 607 g/mol. The number of hydrogen-bond acceptors (Lipinski definition) is 6. The van der Waals surface area contributed by atoms with Crippen molar-refractivity contribution in [1.29, 1.82) is 0 Å². The van der Waals surface area contributed by atoms with Gasteiger partial charge in [0.15, 0.2) is 18.0 Å². The fourth-order valence-corrected chi connectivity index (χ4v) is 8.36. The van der Waals surface area contributed by atoms with Crippen LogP contribution < -0.4 is 9.47 Å². The Morgan fingerprint density at radius 1 is 0.773 bits per heavy atom. The molecule has 2 aliphatic rings. The third kappa shape index (κ3) is 4.98. The molecule has 222 valence electrons. The van der Waals surface area contributed by atoms with Crippen molar-refractivity contribution >= 4 is 26.8 Å². The molecule has 0 N–H and O–H groups in total. The number of carbonyl (C=O) groups excluding carboxylic acids is 1. The zero-order valence-electron chi connectivity index (χ0n) is 24.0. The Labute approximate surface area is 256 Å². The van der Waals surface area contributed by atoms with Crippen LogP contribution in [0.15, 0.2) is 126 Å². The Bertz CT molecular complexity index is 1840. The minimum atomic E-state index is -4.02. The number of benzene rings is 4. The van der Waals surface area contributed by atoms with E-state index in [9.17, 15) is 13.2 Å². The van der Waals surface area contributed by atoms with Gasteiger partial charge in [-0.1, -0.05) is 91.0 Å². The monoisotopic (exact) mass is 606 g/mol. The molecule has 0 unspecified atom stereocenters. The fourth-order valence-electron chi connectivity index (χ4n) is 6.31. The lowest BCUT2D eigenvalue weighted by Crippen LogP contribution is -2.66. The van der Waals surface area contributed by atoms with Crippen LogP contribution in [0.25, 0.3) is 10.9 Å². The summed E-state index contributed by atoms with van der Waals surface area (Å²) in [7, 11) is -4.02. The van der Waals surface area contributed by atoms with Crippen LogP contribution in [0.4, 0.5) is 0 Å². The lowest BCUT2D eigenvalue weighted by atomic mass is 9.90. The number of hydrogen-bond donors (Lipinski definition) is 0. The molecule has 0 bridgehead atoms. The van der Waals surface area contributed by atoms with Crippen LogP contribution in [-0.2, 0) is 14.8 Å². The normalized spacial score (nSPS) is 16.3. The van der Waals surface area contributed by atoms with E-state index < -0.39 is 22.2 Å². The molecule has 0 aliphatic carbocycles. The molecule has 0 saturated carbocycles. The zero-order valence-corrected chi connectivity index (χ0v) is 24.8. The van der Waals surface area contributed by atoms with Gasteiger partial charge in [0.25, 0.3) is 6.29 Å². The number of fused-ring (bicyclic) bond motifs is 2. The van der Waals surface area contributed by atoms with Crippen molar-refractivity contribution in [3.63, 3.8) is 0 Å². The predicted molar refractivity (Wildman–Crippen MR) is 167 cm³/mol. The summed E-state index contributed by atoms with van der Waals surface area (Å²) in [6.07, 6.45) is 0.809. The maximum atomic E-state index is 14.8. The first-order chi connectivity index (χ1) is 21.5. The third-order valence-electron chi connectivity index (χ3n) is 8.61. The van der Waals surface area contributed by atoms with E-state index in [2.05, 4.69) is 4.98 Å². The van der Waals surface area contributed by atoms with Gasteiger partial charge in [-0.05, 0) is 35.4 Å². The number of aromatic nitrogens is 1. The number of ether oxygens (including phenoxy) is 2. The second-order valence-electron chi connectivity index (χ2n) is 11.2. The summed E-state index contributed by atoms with van der Waals surface area (Å²) in [4.78, 5) is 20.6. The van der Waals surface area contributed by atoms with E-state index in [1.54, 1.807) is 29.3 Å². The highest BCUT2D eigenvalue weighted by Gasteiger charge is 2.51. The summed E-state index contributed by atoms with van der Waals surface area (Å²) < 4.78 is 41.3.